The van der Waals surface area contributed by atoms with Crippen LogP contribution in [0.2, 0.25) is 0 Å². The van der Waals surface area contributed by atoms with Gasteiger partial charge in [-0.2, -0.15) is 0 Å². The van der Waals surface area contributed by atoms with Gasteiger partial charge < -0.3 is 9.47 Å². The highest BCUT2D eigenvalue weighted by atomic mass is 16.6. The maximum atomic E-state index is 14.2. The van der Waals surface area contributed by atoms with Gasteiger partial charge in [-0.25, -0.2) is 0 Å². The predicted octanol–water partition coefficient (Wildman–Crippen LogP) is 4.50. The molecule has 4 aromatic rings. The third-order valence-corrected chi connectivity index (χ3v) is 6.71. The highest BCUT2D eigenvalue weighted by Gasteiger charge is 2.58. The molecule has 3 aromatic carbocycles. The Morgan fingerprint density at radius 3 is 2.31 bits per heavy atom. The second kappa shape index (κ2) is 7.34. The van der Waals surface area contributed by atoms with Crippen molar-refractivity contribution in [1.82, 2.24) is 4.57 Å². The summed E-state index contributed by atoms with van der Waals surface area (Å²) in [5, 5.41) is 12.9. The van der Waals surface area contributed by atoms with Crippen molar-refractivity contribution in [2.45, 2.75) is 11.3 Å². The first-order valence-corrected chi connectivity index (χ1v) is 10.5. The van der Waals surface area contributed by atoms with E-state index in [1.807, 2.05) is 96.7 Å². The van der Waals surface area contributed by atoms with Crippen molar-refractivity contribution in [2.24, 2.45) is 7.05 Å². The molecule has 0 radical (unpaired) electrons. The topological polar surface area (TPSA) is 68.4 Å². The molecule has 5 rings (SSSR count). The molecule has 0 aliphatic carbocycles. The van der Waals surface area contributed by atoms with Crippen LogP contribution < -0.4 is 4.90 Å². The van der Waals surface area contributed by atoms with Gasteiger partial charge in [0.25, 0.3) is 0 Å². The number of likely N-dealkylation sites (N-methyl/N-ethyl adjacent to an activating group) is 1. The van der Waals surface area contributed by atoms with E-state index in [1.165, 1.54) is 0 Å². The smallest absolute Gasteiger partial charge is 0.242 e. The molecule has 32 heavy (non-hydrogen) atoms. The summed E-state index contributed by atoms with van der Waals surface area (Å²) in [7, 11) is 3.70. The van der Waals surface area contributed by atoms with Crippen LogP contribution in [-0.2, 0) is 17.3 Å². The zero-order valence-electron chi connectivity index (χ0n) is 17.9. The molecule has 1 aromatic heterocycles. The summed E-state index contributed by atoms with van der Waals surface area (Å²) in [5.41, 5.74) is 2.92. The number of para-hydroxylation sites is 2. The number of aryl methyl sites for hydroxylation is 1. The van der Waals surface area contributed by atoms with Gasteiger partial charge in [-0.15, -0.1) is 0 Å². The molecular weight excluding hydrogens is 402 g/mol. The Morgan fingerprint density at radius 1 is 0.906 bits per heavy atom. The Kier molecular flexibility index (Phi) is 4.59. The largest absolute Gasteiger partial charge is 0.350 e. The summed E-state index contributed by atoms with van der Waals surface area (Å²) < 4.78 is 1.99. The highest BCUT2D eigenvalue weighted by molar-refractivity contribution is 6.13. The van der Waals surface area contributed by atoms with Gasteiger partial charge in [-0.3, -0.25) is 14.9 Å². The molecule has 1 aliphatic rings. The van der Waals surface area contributed by atoms with Crippen molar-refractivity contribution in [2.75, 3.05) is 18.5 Å². The second-order valence-corrected chi connectivity index (χ2v) is 8.34. The number of aromatic nitrogens is 1. The third-order valence-electron chi connectivity index (χ3n) is 6.71. The first kappa shape index (κ1) is 20.0. The fourth-order valence-corrected chi connectivity index (χ4v) is 5.36. The Labute approximate surface area is 185 Å². The van der Waals surface area contributed by atoms with Crippen LogP contribution in [0.5, 0.6) is 0 Å². The Bertz CT molecular complexity index is 1340. The molecule has 0 saturated heterocycles. The van der Waals surface area contributed by atoms with Crippen molar-refractivity contribution in [3.63, 3.8) is 0 Å². The van der Waals surface area contributed by atoms with Gasteiger partial charge in [0.05, 0.1) is 5.92 Å². The van der Waals surface area contributed by atoms with Crippen LogP contribution in [-0.4, -0.2) is 29.0 Å². The maximum absolute atomic E-state index is 14.2. The van der Waals surface area contributed by atoms with Crippen molar-refractivity contribution in [3.8, 4) is 0 Å². The quantitative estimate of drug-likeness (QED) is 0.349. The predicted molar refractivity (Wildman–Crippen MR) is 125 cm³/mol. The van der Waals surface area contributed by atoms with Crippen molar-refractivity contribution >= 4 is 22.5 Å². The first-order chi connectivity index (χ1) is 15.5. The van der Waals surface area contributed by atoms with Gasteiger partial charge in [-0.1, -0.05) is 66.7 Å². The van der Waals surface area contributed by atoms with E-state index < -0.39 is 11.3 Å². The lowest BCUT2D eigenvalue weighted by atomic mass is 9.64. The zero-order valence-corrected chi connectivity index (χ0v) is 17.9. The third kappa shape index (κ3) is 2.69. The van der Waals surface area contributed by atoms with Crippen molar-refractivity contribution in [3.05, 3.63) is 112 Å². The van der Waals surface area contributed by atoms with Gasteiger partial charge >= 0.3 is 0 Å². The minimum absolute atomic E-state index is 0.147. The fourth-order valence-electron chi connectivity index (χ4n) is 5.36. The number of nitro groups is 1. The van der Waals surface area contributed by atoms with E-state index >= 15 is 0 Å². The molecule has 2 atom stereocenters. The van der Waals surface area contributed by atoms with E-state index in [4.69, 9.17) is 0 Å². The van der Waals surface area contributed by atoms with Gasteiger partial charge in [0.15, 0.2) is 0 Å². The van der Waals surface area contributed by atoms with Crippen LogP contribution in [0, 0.1) is 10.1 Å². The van der Waals surface area contributed by atoms with Crippen LogP contribution in [0.15, 0.2) is 85.1 Å². The number of carbonyl (C=O) groups is 1. The molecule has 6 nitrogen and oxygen atoms in total. The molecule has 1 aliphatic heterocycles. The molecule has 0 spiro atoms. The van der Waals surface area contributed by atoms with Crippen LogP contribution in [0.1, 0.15) is 22.6 Å². The lowest BCUT2D eigenvalue weighted by molar-refractivity contribution is -0.484. The zero-order chi connectivity index (χ0) is 22.5. The monoisotopic (exact) mass is 425 g/mol. The molecule has 0 bridgehead atoms. The van der Waals surface area contributed by atoms with Gasteiger partial charge in [0.1, 0.15) is 5.41 Å². The summed E-state index contributed by atoms with van der Waals surface area (Å²) in [6.45, 7) is -0.360. The van der Waals surface area contributed by atoms with E-state index in [0.29, 0.717) is 0 Å². The summed E-state index contributed by atoms with van der Waals surface area (Å²) in [6, 6.07) is 24.9. The van der Waals surface area contributed by atoms with Crippen LogP contribution in [0.3, 0.4) is 0 Å². The molecular formula is C26H23N3O3. The molecule has 0 N–H and O–H groups in total. The lowest BCUT2D eigenvalue weighted by Gasteiger charge is -2.35. The lowest BCUT2D eigenvalue weighted by Crippen LogP contribution is -2.46. The van der Waals surface area contributed by atoms with E-state index in [1.54, 1.807) is 11.9 Å². The summed E-state index contributed by atoms with van der Waals surface area (Å²) in [4.78, 5) is 27.5. The summed E-state index contributed by atoms with van der Waals surface area (Å²) in [5.74, 6) is -0.825. The standard InChI is InChI=1S/C26H23N3O3/c1-27-16-22(19-12-6-8-14-23(19)27)26(20-13-7-9-15-24(20)28(2)25(26)30)21(17-29(31)32)18-10-4-3-5-11-18/h3-16,21H,17H2,1-2H3/t21-,26-/m1/s1. The molecule has 6 heteroatoms. The van der Waals surface area contributed by atoms with Crippen LogP contribution >= 0.6 is 0 Å². The van der Waals surface area contributed by atoms with Gasteiger partial charge in [0, 0.05) is 41.8 Å². The number of amides is 1. The minimum Gasteiger partial charge on any atom is -0.350 e. The second-order valence-electron chi connectivity index (χ2n) is 8.34. The van der Waals surface area contributed by atoms with Crippen LogP contribution in [0.25, 0.3) is 10.9 Å². The number of rotatable bonds is 5. The van der Waals surface area contributed by atoms with E-state index in [9.17, 15) is 14.9 Å². The number of anilines is 1. The van der Waals surface area contributed by atoms with Gasteiger partial charge in [0.2, 0.25) is 12.5 Å². The minimum atomic E-state index is -1.22. The summed E-state index contributed by atoms with van der Waals surface area (Å²) >= 11 is 0. The Balaban J connectivity index is 1.93. The molecule has 2 heterocycles. The van der Waals surface area contributed by atoms with E-state index in [-0.39, 0.29) is 17.4 Å². The Morgan fingerprint density at radius 2 is 1.56 bits per heavy atom. The number of carbonyl (C=O) groups excluding carboxylic acids is 1. The number of benzene rings is 3. The summed E-state index contributed by atoms with van der Waals surface area (Å²) in [6.07, 6.45) is 1.97. The number of nitrogens with zero attached hydrogens (tertiary/aromatic N) is 3. The van der Waals surface area contributed by atoms with Crippen LogP contribution in [0.4, 0.5) is 5.69 Å². The Hall–Kier alpha value is -3.93. The number of hydrogen-bond donors (Lipinski definition) is 0. The number of fused-ring (bicyclic) bond motifs is 2. The van der Waals surface area contributed by atoms with E-state index in [2.05, 4.69) is 0 Å². The molecule has 1 amide bonds. The normalized spacial score (nSPS) is 18.7. The molecule has 0 fully saturated rings. The van der Waals surface area contributed by atoms with Gasteiger partial charge in [-0.05, 0) is 28.8 Å². The van der Waals surface area contributed by atoms with Crippen molar-refractivity contribution in [1.29, 1.82) is 0 Å². The van der Waals surface area contributed by atoms with Crippen molar-refractivity contribution < 1.29 is 9.72 Å². The SMILES string of the molecule is CN1C(=O)[C@@](c2cn(C)c3ccccc23)([C@H](C[N+](=O)[O-])c2ccccc2)c2ccccc21. The fraction of sp³-hybridized carbons (Fsp3) is 0.192. The highest BCUT2D eigenvalue weighted by Crippen LogP contribution is 2.55. The molecule has 160 valence electrons. The first-order valence-electron chi connectivity index (χ1n) is 10.5. The molecule has 0 unspecified atom stereocenters. The maximum Gasteiger partial charge on any atom is 0.242 e. The van der Waals surface area contributed by atoms with E-state index in [0.717, 1.165) is 33.3 Å². The average Bonchev–Trinajstić information content (AvgIpc) is 3.26. The average molecular weight is 425 g/mol. The number of hydrogen-bond acceptors (Lipinski definition) is 3. The molecule has 0 saturated carbocycles.